The number of esters is 1. The molecule has 0 saturated carbocycles. The summed E-state index contributed by atoms with van der Waals surface area (Å²) in [4.78, 5) is 39.7. The molecule has 0 spiro atoms. The molecule has 0 atom stereocenters. The molecule has 1 aromatic carbocycles. The maximum absolute atomic E-state index is 12.6. The first-order valence-electron chi connectivity index (χ1n) is 10.6. The number of carbonyl (C=O) groups excluding carboxylic acids is 3. The summed E-state index contributed by atoms with van der Waals surface area (Å²) in [6, 6.07) is 7.06. The monoisotopic (exact) mass is 486 g/mol. The largest absolute Gasteiger partial charge is 0.484 e. The van der Waals surface area contributed by atoms with Gasteiger partial charge in [0.25, 0.3) is 5.91 Å². The second-order valence-corrected chi connectivity index (χ2v) is 8.39. The normalized spacial score (nSPS) is 10.6. The van der Waals surface area contributed by atoms with Crippen molar-refractivity contribution in [3.8, 4) is 16.9 Å². The van der Waals surface area contributed by atoms with Gasteiger partial charge in [0.2, 0.25) is 5.91 Å². The number of hydrogen-bond acceptors (Lipinski definition) is 9. The number of H-pyrrole nitrogens is 1. The molecular formula is C22H26N6O5S. The number of likely N-dealkylation sites (N-methyl/N-ethyl adjacent to an activating group) is 1. The van der Waals surface area contributed by atoms with Gasteiger partial charge in [-0.1, -0.05) is 17.3 Å². The van der Waals surface area contributed by atoms with Crippen molar-refractivity contribution in [2.45, 2.75) is 27.2 Å². The number of aromatic amines is 1. The van der Waals surface area contributed by atoms with Crippen LogP contribution >= 0.6 is 11.3 Å². The van der Waals surface area contributed by atoms with Crippen molar-refractivity contribution in [3.05, 3.63) is 40.5 Å². The number of tetrazole rings is 1. The van der Waals surface area contributed by atoms with E-state index in [1.165, 1.54) is 18.4 Å². The van der Waals surface area contributed by atoms with E-state index in [1.807, 2.05) is 20.8 Å². The molecule has 0 aliphatic carbocycles. The van der Waals surface area contributed by atoms with Crippen LogP contribution in [0.4, 0.5) is 5.00 Å². The second-order valence-electron chi connectivity index (χ2n) is 7.16. The third-order valence-electron chi connectivity index (χ3n) is 5.06. The maximum Gasteiger partial charge on any atom is 0.341 e. The Morgan fingerprint density at radius 3 is 2.44 bits per heavy atom. The predicted octanol–water partition coefficient (Wildman–Crippen LogP) is 2.45. The Labute approximate surface area is 200 Å². The summed E-state index contributed by atoms with van der Waals surface area (Å²) in [5.41, 5.74) is 1.66. The molecule has 12 heteroatoms. The van der Waals surface area contributed by atoms with E-state index in [0.717, 1.165) is 10.4 Å². The lowest BCUT2D eigenvalue weighted by Crippen LogP contribution is -2.34. The maximum atomic E-state index is 12.6. The van der Waals surface area contributed by atoms with Gasteiger partial charge in [0.1, 0.15) is 16.3 Å². The number of nitrogens with one attached hydrogen (secondary N) is 2. The van der Waals surface area contributed by atoms with Crippen molar-refractivity contribution < 1.29 is 23.9 Å². The number of anilines is 1. The Morgan fingerprint density at radius 1 is 1.15 bits per heavy atom. The third-order valence-corrected chi connectivity index (χ3v) is 6.08. The van der Waals surface area contributed by atoms with Crippen LogP contribution in [-0.4, -0.2) is 70.1 Å². The van der Waals surface area contributed by atoms with Gasteiger partial charge < -0.3 is 19.7 Å². The van der Waals surface area contributed by atoms with E-state index in [0.29, 0.717) is 29.4 Å². The van der Waals surface area contributed by atoms with Crippen LogP contribution in [0.1, 0.15) is 34.9 Å². The van der Waals surface area contributed by atoms with E-state index < -0.39 is 5.97 Å². The Kier molecular flexibility index (Phi) is 8.30. The minimum atomic E-state index is -0.570. The van der Waals surface area contributed by atoms with Crippen LogP contribution in [0.5, 0.6) is 5.75 Å². The van der Waals surface area contributed by atoms with Crippen molar-refractivity contribution in [1.82, 2.24) is 25.5 Å². The average Bonchev–Trinajstić information content (AvgIpc) is 3.45. The van der Waals surface area contributed by atoms with Crippen LogP contribution in [0.15, 0.2) is 24.3 Å². The van der Waals surface area contributed by atoms with Crippen molar-refractivity contribution >= 4 is 34.1 Å². The van der Waals surface area contributed by atoms with Crippen LogP contribution in [-0.2, 0) is 20.7 Å². The van der Waals surface area contributed by atoms with Crippen molar-refractivity contribution in [2.24, 2.45) is 0 Å². The van der Waals surface area contributed by atoms with Gasteiger partial charge in [-0.2, -0.15) is 5.21 Å². The van der Waals surface area contributed by atoms with Crippen LogP contribution < -0.4 is 10.1 Å². The molecule has 11 nitrogen and oxygen atoms in total. The molecule has 0 fully saturated rings. The summed E-state index contributed by atoms with van der Waals surface area (Å²) in [5.74, 6) is -0.275. The van der Waals surface area contributed by atoms with Crippen LogP contribution in [0, 0.1) is 6.92 Å². The molecule has 0 saturated heterocycles. The number of ether oxygens (including phenoxy) is 2. The van der Waals surface area contributed by atoms with E-state index in [2.05, 4.69) is 25.9 Å². The fourth-order valence-electron chi connectivity index (χ4n) is 3.38. The number of aromatic nitrogens is 4. The molecule has 34 heavy (non-hydrogen) atoms. The van der Waals surface area contributed by atoms with E-state index in [-0.39, 0.29) is 36.2 Å². The van der Waals surface area contributed by atoms with Crippen molar-refractivity contribution in [2.75, 3.05) is 32.1 Å². The van der Waals surface area contributed by atoms with Gasteiger partial charge in [0.15, 0.2) is 12.4 Å². The Balaban J connectivity index is 1.81. The zero-order chi connectivity index (χ0) is 24.7. The van der Waals surface area contributed by atoms with E-state index in [1.54, 1.807) is 29.2 Å². The van der Waals surface area contributed by atoms with E-state index in [9.17, 15) is 14.4 Å². The van der Waals surface area contributed by atoms with Crippen molar-refractivity contribution in [1.29, 1.82) is 0 Å². The van der Waals surface area contributed by atoms with E-state index in [4.69, 9.17) is 9.47 Å². The second kappa shape index (κ2) is 11.4. The Hall–Kier alpha value is -3.80. The minimum absolute atomic E-state index is 0.0531. The van der Waals surface area contributed by atoms with Gasteiger partial charge >= 0.3 is 5.97 Å². The number of aryl methyl sites for hydroxylation is 1. The smallest absolute Gasteiger partial charge is 0.341 e. The standard InChI is InChI=1S/C22H26N6O5S/c1-5-28(6-2)18(30)12-33-15-9-7-14(8-10-15)19-13(3)34-21(20(19)22(31)32-4)23-17(29)11-16-24-26-27-25-16/h7-10H,5-6,11-12H2,1-4H3,(H,23,29)(H,24,25,26,27). The topological polar surface area (TPSA) is 139 Å². The van der Waals surface area contributed by atoms with Gasteiger partial charge in [-0.05, 0) is 38.5 Å². The lowest BCUT2D eigenvalue weighted by atomic mass is 10.0. The number of methoxy groups -OCH3 is 1. The van der Waals surface area contributed by atoms with Gasteiger partial charge in [-0.25, -0.2) is 4.79 Å². The molecule has 2 N–H and O–H groups in total. The molecule has 0 bridgehead atoms. The number of hydrogen-bond donors (Lipinski definition) is 2. The average molecular weight is 487 g/mol. The SMILES string of the molecule is CCN(CC)C(=O)COc1ccc(-c2c(C)sc(NC(=O)Cc3nn[nH]n3)c2C(=O)OC)cc1. The molecule has 2 amide bonds. The zero-order valence-electron chi connectivity index (χ0n) is 19.4. The van der Waals surface area contributed by atoms with E-state index >= 15 is 0 Å². The molecule has 2 aromatic heterocycles. The first-order valence-corrected chi connectivity index (χ1v) is 11.4. The molecule has 0 radical (unpaired) electrons. The van der Waals surface area contributed by atoms with Crippen LogP contribution in [0.3, 0.4) is 0 Å². The molecular weight excluding hydrogens is 460 g/mol. The highest BCUT2D eigenvalue weighted by Crippen LogP contribution is 2.40. The summed E-state index contributed by atoms with van der Waals surface area (Å²) in [5, 5.41) is 16.4. The first-order chi connectivity index (χ1) is 16.4. The van der Waals surface area contributed by atoms with Crippen molar-refractivity contribution in [3.63, 3.8) is 0 Å². The molecule has 3 aromatic rings. The number of thiophene rings is 1. The van der Waals surface area contributed by atoms with Gasteiger partial charge in [-0.15, -0.1) is 21.5 Å². The fraction of sp³-hybridized carbons (Fsp3) is 0.364. The molecule has 0 aliphatic rings. The minimum Gasteiger partial charge on any atom is -0.484 e. The summed E-state index contributed by atoms with van der Waals surface area (Å²) in [6.45, 7) is 6.88. The number of nitrogens with zero attached hydrogens (tertiary/aromatic N) is 4. The van der Waals surface area contributed by atoms with Crippen LogP contribution in [0.25, 0.3) is 11.1 Å². The zero-order valence-corrected chi connectivity index (χ0v) is 20.2. The summed E-state index contributed by atoms with van der Waals surface area (Å²) in [7, 11) is 1.29. The predicted molar refractivity (Wildman–Crippen MR) is 126 cm³/mol. The van der Waals surface area contributed by atoms with Gasteiger partial charge in [0, 0.05) is 23.5 Å². The molecule has 3 rings (SSSR count). The Morgan fingerprint density at radius 2 is 1.85 bits per heavy atom. The molecule has 0 aliphatic heterocycles. The number of amides is 2. The fourth-order valence-corrected chi connectivity index (χ4v) is 4.46. The lowest BCUT2D eigenvalue weighted by molar-refractivity contribution is -0.133. The molecule has 0 unspecified atom stereocenters. The highest BCUT2D eigenvalue weighted by Gasteiger charge is 2.25. The Bertz CT molecular complexity index is 1140. The summed E-state index contributed by atoms with van der Waals surface area (Å²) < 4.78 is 10.6. The highest BCUT2D eigenvalue weighted by atomic mass is 32.1. The number of rotatable bonds is 10. The number of benzene rings is 1. The van der Waals surface area contributed by atoms with Gasteiger partial charge in [-0.3, -0.25) is 9.59 Å². The van der Waals surface area contributed by atoms with Crippen LogP contribution in [0.2, 0.25) is 0 Å². The molecule has 180 valence electrons. The van der Waals surface area contributed by atoms with Gasteiger partial charge in [0.05, 0.1) is 13.5 Å². The highest BCUT2D eigenvalue weighted by molar-refractivity contribution is 7.17. The summed E-state index contributed by atoms with van der Waals surface area (Å²) in [6.07, 6.45) is -0.0956. The lowest BCUT2D eigenvalue weighted by Gasteiger charge is -2.18. The summed E-state index contributed by atoms with van der Waals surface area (Å²) >= 11 is 1.27. The molecule has 2 heterocycles. The number of carbonyl (C=O) groups is 3. The quantitative estimate of drug-likeness (QED) is 0.417. The third kappa shape index (κ3) is 5.76. The first kappa shape index (κ1) is 24.8.